The van der Waals surface area contributed by atoms with E-state index in [2.05, 4.69) is 24.0 Å². The summed E-state index contributed by atoms with van der Waals surface area (Å²) in [6.07, 6.45) is 10.4. The maximum Gasteiger partial charge on any atom is 0.332 e. The zero-order valence-electron chi connectivity index (χ0n) is 19.4. The minimum atomic E-state index is -0.271. The number of hydrogen-bond donors (Lipinski definition) is 0. The number of aromatic nitrogens is 4. The second-order valence-corrected chi connectivity index (χ2v) is 8.85. The minimum Gasteiger partial charge on any atom is -0.312 e. The fraction of sp³-hybridized carbons (Fsp3) is 0.560. The normalized spacial score (nSPS) is 13.6. The predicted molar refractivity (Wildman–Crippen MR) is 130 cm³/mol. The standard InChI is InChI=1S/C25H35N5O2/c1-3-4-5-6-7-8-9-13-17-30-23(31)21-22(27(2)25(30)32)26-24-28(18-14-19-29(21)24)20-15-11-10-12-16-20/h10-12,15-16H,3-9,13-14,17-19H2,1-2H3. The van der Waals surface area contributed by atoms with Crippen molar-refractivity contribution in [1.29, 1.82) is 0 Å². The zero-order chi connectivity index (χ0) is 22.5. The van der Waals surface area contributed by atoms with Crippen LogP contribution in [0.4, 0.5) is 11.6 Å². The highest BCUT2D eigenvalue weighted by molar-refractivity contribution is 5.77. The van der Waals surface area contributed by atoms with Crippen molar-refractivity contribution in [3.8, 4) is 0 Å². The first-order chi connectivity index (χ1) is 15.6. The Labute approximate surface area is 189 Å². The summed E-state index contributed by atoms with van der Waals surface area (Å²) in [5.74, 6) is 0.745. The molecule has 0 N–H and O–H groups in total. The van der Waals surface area contributed by atoms with E-state index in [1.807, 2.05) is 22.8 Å². The highest BCUT2D eigenvalue weighted by Gasteiger charge is 2.26. The van der Waals surface area contributed by atoms with E-state index < -0.39 is 0 Å². The number of unbranched alkanes of at least 4 members (excludes halogenated alkanes) is 7. The van der Waals surface area contributed by atoms with E-state index in [1.54, 1.807) is 7.05 Å². The van der Waals surface area contributed by atoms with Crippen LogP contribution < -0.4 is 16.1 Å². The lowest BCUT2D eigenvalue weighted by atomic mass is 10.1. The average Bonchev–Trinajstić information content (AvgIpc) is 3.22. The van der Waals surface area contributed by atoms with Crippen LogP contribution in [0.15, 0.2) is 39.9 Å². The van der Waals surface area contributed by atoms with Crippen molar-refractivity contribution < 1.29 is 0 Å². The van der Waals surface area contributed by atoms with Crippen molar-refractivity contribution in [3.05, 3.63) is 51.2 Å². The largest absolute Gasteiger partial charge is 0.332 e. The minimum absolute atomic E-state index is 0.209. The molecule has 1 aliphatic heterocycles. The monoisotopic (exact) mass is 437 g/mol. The molecule has 2 aromatic heterocycles. The molecule has 3 aromatic rings. The number of imidazole rings is 1. The number of hydrogen-bond acceptors (Lipinski definition) is 4. The van der Waals surface area contributed by atoms with Crippen LogP contribution in [0, 0.1) is 0 Å². The number of benzene rings is 1. The van der Waals surface area contributed by atoms with Crippen LogP contribution >= 0.6 is 0 Å². The van der Waals surface area contributed by atoms with Crippen LogP contribution in [0.2, 0.25) is 0 Å². The van der Waals surface area contributed by atoms with Crippen molar-refractivity contribution >= 4 is 22.8 Å². The van der Waals surface area contributed by atoms with Crippen molar-refractivity contribution in [2.75, 3.05) is 11.4 Å². The van der Waals surface area contributed by atoms with Gasteiger partial charge in [0.25, 0.3) is 5.56 Å². The maximum atomic E-state index is 13.4. The van der Waals surface area contributed by atoms with Gasteiger partial charge in [0.05, 0.1) is 0 Å². The van der Waals surface area contributed by atoms with E-state index in [0.717, 1.165) is 50.4 Å². The molecule has 0 unspecified atom stereocenters. The molecule has 172 valence electrons. The number of anilines is 2. The van der Waals surface area contributed by atoms with Gasteiger partial charge in [-0.1, -0.05) is 70.1 Å². The van der Waals surface area contributed by atoms with Gasteiger partial charge in [-0.25, -0.2) is 4.79 Å². The molecule has 3 heterocycles. The summed E-state index contributed by atoms with van der Waals surface area (Å²) in [7, 11) is 1.72. The van der Waals surface area contributed by atoms with Gasteiger partial charge in [0.15, 0.2) is 11.2 Å². The number of para-hydroxylation sites is 1. The lowest BCUT2D eigenvalue weighted by Crippen LogP contribution is -2.40. The molecule has 0 amide bonds. The van der Waals surface area contributed by atoms with E-state index >= 15 is 0 Å². The first-order valence-electron chi connectivity index (χ1n) is 12.2. The Hall–Kier alpha value is -2.83. The summed E-state index contributed by atoms with van der Waals surface area (Å²) >= 11 is 0. The Bertz CT molecular complexity index is 1160. The molecular formula is C25H35N5O2. The Kier molecular flexibility index (Phi) is 7.12. The fourth-order valence-electron chi connectivity index (χ4n) is 4.72. The molecule has 0 spiro atoms. The third-order valence-corrected chi connectivity index (χ3v) is 6.52. The van der Waals surface area contributed by atoms with E-state index in [4.69, 9.17) is 4.98 Å². The van der Waals surface area contributed by atoms with Gasteiger partial charge < -0.3 is 9.47 Å². The third kappa shape index (κ3) is 4.38. The molecule has 0 atom stereocenters. The van der Waals surface area contributed by atoms with E-state index in [-0.39, 0.29) is 11.2 Å². The van der Waals surface area contributed by atoms with Crippen LogP contribution in [-0.2, 0) is 20.1 Å². The Morgan fingerprint density at radius 2 is 1.59 bits per heavy atom. The topological polar surface area (TPSA) is 65.1 Å². The van der Waals surface area contributed by atoms with Crippen molar-refractivity contribution in [1.82, 2.24) is 18.7 Å². The summed E-state index contributed by atoms with van der Waals surface area (Å²) in [6.45, 7) is 4.28. The highest BCUT2D eigenvalue weighted by atomic mass is 16.2. The second kappa shape index (κ2) is 10.2. The quantitative estimate of drug-likeness (QED) is 0.436. The Morgan fingerprint density at radius 1 is 0.906 bits per heavy atom. The number of nitrogens with zero attached hydrogens (tertiary/aromatic N) is 5. The molecule has 0 radical (unpaired) electrons. The second-order valence-electron chi connectivity index (χ2n) is 8.85. The molecule has 1 aromatic carbocycles. The van der Waals surface area contributed by atoms with Gasteiger partial charge in [0, 0.05) is 32.4 Å². The Morgan fingerprint density at radius 3 is 2.31 bits per heavy atom. The van der Waals surface area contributed by atoms with Crippen LogP contribution in [0.5, 0.6) is 0 Å². The molecule has 4 rings (SSSR count). The molecule has 7 nitrogen and oxygen atoms in total. The highest BCUT2D eigenvalue weighted by Crippen LogP contribution is 2.30. The van der Waals surface area contributed by atoms with Gasteiger partial charge in [0.1, 0.15) is 0 Å². The van der Waals surface area contributed by atoms with Crippen molar-refractivity contribution in [2.24, 2.45) is 7.05 Å². The first-order valence-corrected chi connectivity index (χ1v) is 12.2. The SMILES string of the molecule is CCCCCCCCCCn1c(=O)c2c(nc3n2CCCN3c2ccccc2)n(C)c1=O. The summed E-state index contributed by atoms with van der Waals surface area (Å²) < 4.78 is 4.95. The van der Waals surface area contributed by atoms with Gasteiger partial charge >= 0.3 is 5.69 Å². The molecule has 0 bridgehead atoms. The third-order valence-electron chi connectivity index (χ3n) is 6.52. The van der Waals surface area contributed by atoms with Gasteiger partial charge in [-0.15, -0.1) is 0 Å². The number of rotatable bonds is 10. The van der Waals surface area contributed by atoms with Crippen molar-refractivity contribution in [3.63, 3.8) is 0 Å². The molecule has 7 heteroatoms. The van der Waals surface area contributed by atoms with Crippen LogP contribution in [-0.4, -0.2) is 25.2 Å². The fourth-order valence-corrected chi connectivity index (χ4v) is 4.72. The number of aryl methyl sites for hydroxylation is 2. The lowest BCUT2D eigenvalue weighted by molar-refractivity contribution is 0.518. The van der Waals surface area contributed by atoms with Crippen LogP contribution in [0.1, 0.15) is 64.7 Å². The lowest BCUT2D eigenvalue weighted by Gasteiger charge is -2.28. The van der Waals surface area contributed by atoms with E-state index in [9.17, 15) is 9.59 Å². The van der Waals surface area contributed by atoms with E-state index in [0.29, 0.717) is 17.7 Å². The predicted octanol–water partition coefficient (Wildman–Crippen LogP) is 4.58. The molecule has 1 aliphatic rings. The summed E-state index contributed by atoms with van der Waals surface area (Å²) in [5.41, 5.74) is 1.59. The molecular weight excluding hydrogens is 402 g/mol. The smallest absolute Gasteiger partial charge is 0.312 e. The molecule has 0 saturated heterocycles. The van der Waals surface area contributed by atoms with Gasteiger partial charge in [-0.05, 0) is 25.0 Å². The van der Waals surface area contributed by atoms with Gasteiger partial charge in [0.2, 0.25) is 5.95 Å². The first kappa shape index (κ1) is 22.4. The van der Waals surface area contributed by atoms with E-state index in [1.165, 1.54) is 41.2 Å². The number of fused-ring (bicyclic) bond motifs is 3. The van der Waals surface area contributed by atoms with Crippen LogP contribution in [0.3, 0.4) is 0 Å². The molecule has 0 aliphatic carbocycles. The average molecular weight is 438 g/mol. The van der Waals surface area contributed by atoms with Crippen molar-refractivity contribution in [2.45, 2.75) is 77.8 Å². The zero-order valence-corrected chi connectivity index (χ0v) is 19.4. The summed E-state index contributed by atoms with van der Waals surface area (Å²) in [5, 5.41) is 0. The Balaban J connectivity index is 1.58. The van der Waals surface area contributed by atoms with Gasteiger partial charge in [-0.3, -0.25) is 13.9 Å². The summed E-state index contributed by atoms with van der Waals surface area (Å²) in [4.78, 5) is 33.2. The molecule has 0 saturated carbocycles. The maximum absolute atomic E-state index is 13.4. The molecule has 0 fully saturated rings. The molecule has 32 heavy (non-hydrogen) atoms. The van der Waals surface area contributed by atoms with Gasteiger partial charge in [-0.2, -0.15) is 4.98 Å². The van der Waals surface area contributed by atoms with Crippen LogP contribution in [0.25, 0.3) is 11.2 Å². The summed E-state index contributed by atoms with van der Waals surface area (Å²) in [6, 6.07) is 10.1.